The van der Waals surface area contributed by atoms with Crippen LogP contribution in [0.3, 0.4) is 0 Å². The molecule has 83 heavy (non-hydrogen) atoms. The molecule has 0 unspecified atom stereocenters. The third-order valence-corrected chi connectivity index (χ3v) is 17.5. The number of oxime groups is 1. The first kappa shape index (κ1) is 67.9. The average Bonchev–Trinajstić information content (AvgIpc) is 3.64. The minimum atomic E-state index is -2.03. The monoisotopic (exact) mass is 1180 g/mol. The summed E-state index contributed by atoms with van der Waals surface area (Å²) in [6.07, 6.45) is -5.89. The molecule has 0 aliphatic carbocycles. The largest absolute Gasteiger partial charge is 0.477 e. The molecule has 1 aromatic heterocycles. The van der Waals surface area contributed by atoms with Gasteiger partial charge in [0.15, 0.2) is 18.7 Å². The van der Waals surface area contributed by atoms with Crippen LogP contribution >= 0.6 is 0 Å². The molecule has 3 saturated heterocycles. The topological polar surface area (TPSA) is 294 Å². The van der Waals surface area contributed by atoms with Gasteiger partial charge in [0, 0.05) is 69.1 Å². The van der Waals surface area contributed by atoms with Gasteiger partial charge in [-0.15, -0.1) is 0 Å². The van der Waals surface area contributed by atoms with Crippen molar-refractivity contribution in [1.29, 1.82) is 0 Å². The number of carboxylic acid groups (broad SMARTS) is 1. The SMILES string of the molecule is CC[C@@H]1OC(=O)[C@H](C)[C@H](O[C@@H]2C[C@](C)(OC)[C@H](OC(=O)CCNCCCc3cc4c5c(c3)c(=O)c(C(=O)O)cn5CCC4)[C@H](C)O2)[C@@H](C)[C@H](O[C@@H]2O[C@H](C)C[C@H](N(C)C)[C@@H]2O)[C@](C)(O)C[C@H](C)/C(=N\OCOCCOC)[C@H](C)[C@H](O)[C@@]1(C)O. The number of aliphatic hydroxyl groups is 4. The number of nitrogens with zero attached hydrogens (tertiary/aromatic N) is 3. The fourth-order valence-electron chi connectivity index (χ4n) is 12.9. The Kier molecular flexibility index (Phi) is 24.1. The van der Waals surface area contributed by atoms with Crippen molar-refractivity contribution in [3.8, 4) is 0 Å². The lowest BCUT2D eigenvalue weighted by Gasteiger charge is -2.49. The molecule has 4 aliphatic rings. The van der Waals surface area contributed by atoms with Crippen molar-refractivity contribution in [3.05, 3.63) is 45.2 Å². The molecule has 4 aliphatic heterocycles. The normalized spacial score (nSPS) is 36.2. The van der Waals surface area contributed by atoms with Crippen LogP contribution in [0.15, 0.2) is 28.3 Å². The summed E-state index contributed by atoms with van der Waals surface area (Å²) in [6.45, 7) is 18.7. The molecule has 6 N–H and O–H groups in total. The van der Waals surface area contributed by atoms with Crippen LogP contribution in [-0.4, -0.2) is 204 Å². The van der Waals surface area contributed by atoms with Crippen molar-refractivity contribution >= 4 is 34.5 Å². The number of aryl methyl sites for hydroxylation is 3. The molecule has 2 aromatic rings. The van der Waals surface area contributed by atoms with E-state index in [1.807, 2.05) is 30.5 Å². The van der Waals surface area contributed by atoms with Crippen LogP contribution in [0.2, 0.25) is 0 Å². The summed E-state index contributed by atoms with van der Waals surface area (Å²) >= 11 is 0. The Hall–Kier alpha value is -4.21. The number of nitrogens with one attached hydrogen (secondary N) is 1. The van der Waals surface area contributed by atoms with Crippen molar-refractivity contribution < 1.29 is 87.4 Å². The van der Waals surface area contributed by atoms with Crippen molar-refractivity contribution in [1.82, 2.24) is 14.8 Å². The minimum absolute atomic E-state index is 0.00772. The van der Waals surface area contributed by atoms with Gasteiger partial charge in [-0.25, -0.2) is 4.79 Å². The first-order chi connectivity index (χ1) is 39.1. The molecule has 0 spiro atoms. The zero-order valence-electron chi connectivity index (χ0n) is 51.3. The van der Waals surface area contributed by atoms with Gasteiger partial charge in [0.2, 0.25) is 12.2 Å². The van der Waals surface area contributed by atoms with Gasteiger partial charge in [-0.3, -0.25) is 14.4 Å². The summed E-state index contributed by atoms with van der Waals surface area (Å²) in [5.41, 5.74) is -2.75. The summed E-state index contributed by atoms with van der Waals surface area (Å²) in [6, 6.07) is 3.51. The van der Waals surface area contributed by atoms with Gasteiger partial charge in [0.25, 0.3) is 0 Å². The van der Waals surface area contributed by atoms with Gasteiger partial charge in [-0.05, 0) is 124 Å². The lowest BCUT2D eigenvalue weighted by molar-refractivity contribution is -0.318. The van der Waals surface area contributed by atoms with Crippen LogP contribution in [0.4, 0.5) is 0 Å². The number of carbonyl (C=O) groups is 3. The highest BCUT2D eigenvalue weighted by Gasteiger charge is 2.54. The van der Waals surface area contributed by atoms with Gasteiger partial charge < -0.3 is 87.8 Å². The number of pyridine rings is 1. The third-order valence-electron chi connectivity index (χ3n) is 17.5. The molecule has 3 fully saturated rings. The fraction of sp³-hybridized carbons (Fsp3) is 0.783. The number of hydrogen-bond donors (Lipinski definition) is 6. The lowest BCUT2D eigenvalue weighted by Crippen LogP contribution is -2.61. The number of hydrogen-bond acceptors (Lipinski definition) is 21. The molecule has 1 aromatic carbocycles. The maximum absolute atomic E-state index is 14.7. The number of carbonyl (C=O) groups excluding carboxylic acids is 2. The number of aromatic nitrogens is 1. The summed E-state index contributed by atoms with van der Waals surface area (Å²) < 4.78 is 57.5. The quantitative estimate of drug-likeness (QED) is 0.0414. The van der Waals surface area contributed by atoms with Gasteiger partial charge in [-0.1, -0.05) is 38.9 Å². The second-order valence-corrected chi connectivity index (χ2v) is 24.4. The molecule has 0 amide bonds. The highest BCUT2D eigenvalue weighted by atomic mass is 16.7. The van der Waals surface area contributed by atoms with Crippen molar-refractivity contribution in [3.63, 3.8) is 0 Å². The zero-order valence-corrected chi connectivity index (χ0v) is 51.3. The van der Waals surface area contributed by atoms with Gasteiger partial charge >= 0.3 is 17.9 Å². The van der Waals surface area contributed by atoms with E-state index in [1.165, 1.54) is 27.3 Å². The summed E-state index contributed by atoms with van der Waals surface area (Å²) in [4.78, 5) is 60.9. The van der Waals surface area contributed by atoms with E-state index in [2.05, 4.69) is 16.5 Å². The molecule has 5 heterocycles. The standard InChI is InChI=1S/C60H96N4O19/c1-15-44-60(10,73)52(68)35(4)47(62-77-32-76-25-24-74-13)33(2)29-58(8,72)53(83-57-50(67)43(63(11)12)26-34(3)78-57)36(5)51(37(6)56(71)80-44)82-46-30-59(9,75-14)54(38(7)79-46)81-45(65)20-22-61-21-16-18-39-27-40-19-17-23-64-31-42(55(69)70)49(66)41(28-39)48(40)64/h27-28,31,33-38,43-44,46,50-54,57,61,67-68,72-73H,15-26,29-30,32H2,1-14H3,(H,69,70)/b62-47+/t33-,34+,35-,36+,37+,38-,43-,44-,46+,50-,51+,52-,53-,54+,57-,58+,59-,60-/m0/s1. The molecule has 23 nitrogen and oxygen atoms in total. The Morgan fingerprint density at radius 2 is 1.66 bits per heavy atom. The highest BCUT2D eigenvalue weighted by molar-refractivity contribution is 5.94. The van der Waals surface area contributed by atoms with E-state index < -0.39 is 119 Å². The van der Waals surface area contributed by atoms with Crippen LogP contribution in [0, 0.1) is 23.7 Å². The number of esters is 2. The highest BCUT2D eigenvalue weighted by Crippen LogP contribution is 2.42. The van der Waals surface area contributed by atoms with Gasteiger partial charge in [-0.2, -0.15) is 0 Å². The van der Waals surface area contributed by atoms with Crippen molar-refractivity contribution in [2.45, 2.75) is 218 Å². The molecule has 0 radical (unpaired) electrons. The van der Waals surface area contributed by atoms with Crippen LogP contribution in [0.1, 0.15) is 136 Å². The molecular formula is C60H96N4O19. The van der Waals surface area contributed by atoms with Crippen molar-refractivity contribution in [2.24, 2.45) is 28.8 Å². The number of aromatic carboxylic acids is 1. The van der Waals surface area contributed by atoms with E-state index in [9.17, 15) is 44.7 Å². The predicted molar refractivity (Wildman–Crippen MR) is 306 cm³/mol. The Morgan fingerprint density at radius 1 is 0.940 bits per heavy atom. The molecule has 23 heteroatoms. The van der Waals surface area contributed by atoms with Crippen LogP contribution in [0.25, 0.3) is 10.9 Å². The summed E-state index contributed by atoms with van der Waals surface area (Å²) in [5.74, 6) is -6.21. The van der Waals surface area contributed by atoms with Crippen LogP contribution < -0.4 is 10.7 Å². The number of ether oxygens (including phenoxy) is 9. The minimum Gasteiger partial charge on any atom is -0.477 e. The van der Waals surface area contributed by atoms with E-state index in [4.69, 9.17) is 47.5 Å². The summed E-state index contributed by atoms with van der Waals surface area (Å²) in [5, 5.41) is 67.0. The second kappa shape index (κ2) is 29.5. The number of likely N-dealkylation sites (N-methyl/N-ethyl adjacent to an activating group) is 1. The molecule has 18 atom stereocenters. The Balaban J connectivity index is 1.21. The molecule has 470 valence electrons. The smallest absolute Gasteiger partial charge is 0.341 e. The number of methoxy groups -OCH3 is 2. The molecule has 0 bridgehead atoms. The van der Waals surface area contributed by atoms with E-state index in [1.54, 1.807) is 61.5 Å². The molecule has 6 rings (SSSR count). The van der Waals surface area contributed by atoms with Gasteiger partial charge in [0.1, 0.15) is 29.0 Å². The van der Waals surface area contributed by atoms with Gasteiger partial charge in [0.05, 0.1) is 72.9 Å². The average molecular weight is 1180 g/mol. The second-order valence-electron chi connectivity index (χ2n) is 24.4. The Morgan fingerprint density at radius 3 is 2.33 bits per heavy atom. The zero-order chi connectivity index (χ0) is 61.3. The number of rotatable bonds is 22. The predicted octanol–water partition coefficient (Wildman–Crippen LogP) is 4.33. The molecular weight excluding hydrogens is 1080 g/mol. The number of benzene rings is 1. The number of carboxylic acids is 1. The fourth-order valence-corrected chi connectivity index (χ4v) is 12.9. The van der Waals surface area contributed by atoms with Crippen LogP contribution in [0.5, 0.6) is 0 Å². The number of aliphatic hydroxyl groups excluding tert-OH is 2. The van der Waals surface area contributed by atoms with Crippen LogP contribution in [-0.2, 0) is 76.4 Å². The first-order valence-electron chi connectivity index (χ1n) is 29.5. The molecule has 0 saturated carbocycles. The number of cyclic esters (lactones) is 1. The van der Waals surface area contributed by atoms with E-state index >= 15 is 0 Å². The maximum atomic E-state index is 14.7. The Labute approximate surface area is 488 Å². The third kappa shape index (κ3) is 16.3. The van der Waals surface area contributed by atoms with E-state index in [-0.39, 0.29) is 62.5 Å². The summed E-state index contributed by atoms with van der Waals surface area (Å²) in [7, 11) is 6.73. The van der Waals surface area contributed by atoms with E-state index in [0.29, 0.717) is 50.9 Å². The first-order valence-corrected chi connectivity index (χ1v) is 29.5. The van der Waals surface area contributed by atoms with Crippen molar-refractivity contribution in [2.75, 3.05) is 61.4 Å². The Bertz CT molecular complexity index is 2580. The maximum Gasteiger partial charge on any atom is 0.341 e. The van der Waals surface area contributed by atoms with E-state index in [0.717, 1.165) is 29.5 Å². The lowest BCUT2D eigenvalue weighted by atomic mass is 9.73.